The summed E-state index contributed by atoms with van der Waals surface area (Å²) in [6.07, 6.45) is 2.43. The Morgan fingerprint density at radius 3 is 2.61 bits per heavy atom. The van der Waals surface area contributed by atoms with Crippen molar-refractivity contribution in [3.8, 4) is 0 Å². The van der Waals surface area contributed by atoms with E-state index in [1.807, 2.05) is 0 Å². The minimum atomic E-state index is -3.79. The predicted molar refractivity (Wildman–Crippen MR) is 65.3 cm³/mol. The molecular formula is C9H12N2O5S2. The van der Waals surface area contributed by atoms with E-state index in [9.17, 15) is 17.4 Å². The van der Waals surface area contributed by atoms with Crippen LogP contribution in [-0.4, -0.2) is 47.2 Å². The van der Waals surface area contributed by atoms with Gasteiger partial charge in [0.05, 0.1) is 5.56 Å². The number of hydrogen-bond donors (Lipinski definition) is 2. The van der Waals surface area contributed by atoms with Crippen LogP contribution >= 0.6 is 0 Å². The van der Waals surface area contributed by atoms with Gasteiger partial charge >= 0.3 is 5.97 Å². The van der Waals surface area contributed by atoms with Crippen LogP contribution in [0.1, 0.15) is 10.4 Å². The highest BCUT2D eigenvalue weighted by Gasteiger charge is 2.15. The molecule has 1 heterocycles. The van der Waals surface area contributed by atoms with Crippen LogP contribution in [0.4, 0.5) is 0 Å². The second kappa shape index (κ2) is 6.03. The summed E-state index contributed by atoms with van der Waals surface area (Å²) in [7, 11) is -4.88. The topological polar surface area (TPSA) is 113 Å². The number of sulfonamides is 1. The van der Waals surface area contributed by atoms with Crippen LogP contribution in [0, 0.1) is 0 Å². The summed E-state index contributed by atoms with van der Waals surface area (Å²) in [5.41, 5.74) is -0.0939. The van der Waals surface area contributed by atoms with Gasteiger partial charge in [-0.2, -0.15) is 0 Å². The lowest BCUT2D eigenvalue weighted by atomic mass is 10.3. The van der Waals surface area contributed by atoms with Gasteiger partial charge in [0, 0.05) is 35.5 Å². The molecule has 0 spiro atoms. The molecule has 1 aromatic heterocycles. The lowest BCUT2D eigenvalue weighted by molar-refractivity contribution is 0.0696. The Hall–Kier alpha value is -1.32. The molecule has 100 valence electrons. The van der Waals surface area contributed by atoms with Crippen LogP contribution in [0.15, 0.2) is 23.4 Å². The molecule has 0 aliphatic heterocycles. The van der Waals surface area contributed by atoms with Gasteiger partial charge in [0.1, 0.15) is 0 Å². The van der Waals surface area contributed by atoms with Gasteiger partial charge in [0.2, 0.25) is 0 Å². The number of nitrogens with one attached hydrogen (secondary N) is 1. The molecule has 18 heavy (non-hydrogen) atoms. The van der Waals surface area contributed by atoms with E-state index in [-0.39, 0.29) is 22.9 Å². The minimum absolute atomic E-state index is 0.0355. The van der Waals surface area contributed by atoms with Crippen LogP contribution in [0.2, 0.25) is 0 Å². The van der Waals surface area contributed by atoms with E-state index in [1.165, 1.54) is 6.26 Å². The Morgan fingerprint density at radius 2 is 2.17 bits per heavy atom. The fraction of sp³-hybridized carbons (Fsp3) is 0.333. The second-order valence-electron chi connectivity index (χ2n) is 3.37. The highest BCUT2D eigenvalue weighted by atomic mass is 32.2. The molecule has 0 aliphatic rings. The van der Waals surface area contributed by atoms with Gasteiger partial charge in [-0.15, -0.1) is 0 Å². The average Bonchev–Trinajstić information content (AvgIpc) is 2.28. The van der Waals surface area contributed by atoms with Crippen molar-refractivity contribution in [2.24, 2.45) is 0 Å². The van der Waals surface area contributed by atoms with Crippen molar-refractivity contribution in [3.63, 3.8) is 0 Å². The maximum Gasteiger partial charge on any atom is 0.337 e. The van der Waals surface area contributed by atoms with Crippen molar-refractivity contribution in [1.82, 2.24) is 9.71 Å². The Morgan fingerprint density at radius 1 is 1.50 bits per heavy atom. The molecule has 1 unspecified atom stereocenters. The first-order valence-electron chi connectivity index (χ1n) is 4.82. The van der Waals surface area contributed by atoms with Crippen LogP contribution in [0.5, 0.6) is 0 Å². The summed E-state index contributed by atoms with van der Waals surface area (Å²) >= 11 is 0. The van der Waals surface area contributed by atoms with Crippen molar-refractivity contribution in [3.05, 3.63) is 23.9 Å². The SMILES string of the molecule is CS(=O)CCNS(=O)(=O)c1ccc(C(=O)O)cn1. The molecule has 0 fully saturated rings. The maximum absolute atomic E-state index is 11.7. The average molecular weight is 292 g/mol. The lowest BCUT2D eigenvalue weighted by Gasteiger charge is -2.05. The first-order chi connectivity index (χ1) is 8.33. The number of aromatic carboxylic acids is 1. The Balaban J connectivity index is 2.79. The van der Waals surface area contributed by atoms with Crippen LogP contribution in [0.3, 0.4) is 0 Å². The van der Waals surface area contributed by atoms with Crippen LogP contribution in [0.25, 0.3) is 0 Å². The number of pyridine rings is 1. The largest absolute Gasteiger partial charge is 0.478 e. The van der Waals surface area contributed by atoms with E-state index in [0.717, 1.165) is 18.3 Å². The predicted octanol–water partition coefficient (Wildman–Crippen LogP) is -0.563. The van der Waals surface area contributed by atoms with Crippen molar-refractivity contribution in [2.45, 2.75) is 5.03 Å². The van der Waals surface area contributed by atoms with E-state index in [1.54, 1.807) is 0 Å². The molecule has 0 aliphatic carbocycles. The summed E-state index contributed by atoms with van der Waals surface area (Å²) in [5.74, 6) is -0.979. The number of aromatic nitrogens is 1. The molecule has 2 N–H and O–H groups in total. The monoisotopic (exact) mass is 292 g/mol. The smallest absolute Gasteiger partial charge is 0.337 e. The van der Waals surface area contributed by atoms with Crippen molar-refractivity contribution in [2.75, 3.05) is 18.6 Å². The third-order valence-corrected chi connectivity index (χ3v) is 4.10. The quantitative estimate of drug-likeness (QED) is 0.726. The third kappa shape index (κ3) is 4.17. The first kappa shape index (κ1) is 14.7. The fourth-order valence-corrected chi connectivity index (χ4v) is 2.54. The molecule has 1 aromatic rings. The highest BCUT2D eigenvalue weighted by molar-refractivity contribution is 7.89. The van der Waals surface area contributed by atoms with E-state index < -0.39 is 26.8 Å². The van der Waals surface area contributed by atoms with E-state index in [2.05, 4.69) is 9.71 Å². The molecular weight excluding hydrogens is 280 g/mol. The zero-order valence-electron chi connectivity index (χ0n) is 9.49. The molecule has 0 amide bonds. The molecule has 7 nitrogen and oxygen atoms in total. The summed E-state index contributed by atoms with van der Waals surface area (Å²) in [4.78, 5) is 14.1. The molecule has 0 saturated carbocycles. The van der Waals surface area contributed by atoms with Crippen molar-refractivity contribution >= 4 is 26.8 Å². The molecule has 0 radical (unpaired) electrons. The van der Waals surface area contributed by atoms with E-state index in [4.69, 9.17) is 5.11 Å². The van der Waals surface area contributed by atoms with Crippen molar-refractivity contribution < 1.29 is 22.5 Å². The third-order valence-electron chi connectivity index (χ3n) is 1.94. The van der Waals surface area contributed by atoms with Gasteiger partial charge in [-0.05, 0) is 12.1 Å². The molecule has 0 saturated heterocycles. The second-order valence-corrected chi connectivity index (χ2v) is 6.63. The molecule has 9 heteroatoms. The van der Waals surface area contributed by atoms with Gasteiger partial charge in [-0.3, -0.25) is 4.21 Å². The van der Waals surface area contributed by atoms with Gasteiger partial charge in [-0.1, -0.05) is 0 Å². The zero-order valence-corrected chi connectivity index (χ0v) is 11.1. The first-order valence-corrected chi connectivity index (χ1v) is 8.03. The normalized spacial score (nSPS) is 13.2. The fourth-order valence-electron chi connectivity index (χ4n) is 1.06. The standard InChI is InChI=1S/C9H12N2O5S2/c1-17(14)5-4-11-18(15,16)8-3-2-7(6-10-8)9(12)13/h2-3,6,11H,4-5H2,1H3,(H,12,13). The number of nitrogens with zero attached hydrogens (tertiary/aromatic N) is 1. The molecule has 1 rings (SSSR count). The Bertz CT molecular complexity index is 553. The number of carboxylic acid groups (broad SMARTS) is 1. The van der Waals surface area contributed by atoms with Gasteiger partial charge in [0.25, 0.3) is 10.0 Å². The van der Waals surface area contributed by atoms with Gasteiger partial charge in [-0.25, -0.2) is 22.9 Å². The number of rotatable bonds is 6. The zero-order chi connectivity index (χ0) is 13.8. The van der Waals surface area contributed by atoms with Crippen molar-refractivity contribution in [1.29, 1.82) is 0 Å². The molecule has 0 aromatic carbocycles. The highest BCUT2D eigenvalue weighted by Crippen LogP contribution is 2.06. The summed E-state index contributed by atoms with van der Waals surface area (Å²) in [6, 6.07) is 2.26. The van der Waals surface area contributed by atoms with Crippen LogP contribution < -0.4 is 4.72 Å². The van der Waals surface area contributed by atoms with E-state index >= 15 is 0 Å². The Kier molecular flexibility index (Phi) is 4.93. The number of carbonyl (C=O) groups is 1. The molecule has 0 bridgehead atoms. The summed E-state index contributed by atoms with van der Waals surface area (Å²) < 4.78 is 36.4. The number of hydrogen-bond acceptors (Lipinski definition) is 5. The minimum Gasteiger partial charge on any atom is -0.478 e. The number of carboxylic acids is 1. The van der Waals surface area contributed by atoms with Gasteiger partial charge < -0.3 is 5.11 Å². The summed E-state index contributed by atoms with van der Waals surface area (Å²) in [6.45, 7) is 0.0355. The maximum atomic E-state index is 11.7. The van der Waals surface area contributed by atoms with Gasteiger partial charge in [0.15, 0.2) is 5.03 Å². The lowest BCUT2D eigenvalue weighted by Crippen LogP contribution is -2.28. The van der Waals surface area contributed by atoms with Crippen LogP contribution in [-0.2, 0) is 20.8 Å². The Labute approximate surface area is 107 Å². The summed E-state index contributed by atoms with van der Waals surface area (Å²) in [5, 5.41) is 8.37. The molecule has 1 atom stereocenters. The van der Waals surface area contributed by atoms with E-state index in [0.29, 0.717) is 0 Å².